The number of hydrogen-bond donors (Lipinski definition) is 1. The van der Waals surface area contributed by atoms with E-state index in [1.165, 1.54) is 16.7 Å². The third-order valence-corrected chi connectivity index (χ3v) is 2.95. The summed E-state index contributed by atoms with van der Waals surface area (Å²) < 4.78 is 32.7. The number of benzene rings is 2. The minimum absolute atomic E-state index is 0.00394. The Morgan fingerprint density at radius 3 is 2.50 bits per heavy atom. The summed E-state index contributed by atoms with van der Waals surface area (Å²) in [5, 5.41) is 0. The highest BCUT2D eigenvalue weighted by molar-refractivity contribution is 5.77. The van der Waals surface area contributed by atoms with Crippen molar-refractivity contribution in [3.8, 4) is 0 Å². The fourth-order valence-corrected chi connectivity index (χ4v) is 2.11. The van der Waals surface area contributed by atoms with Crippen molar-refractivity contribution < 1.29 is 13.2 Å². The number of anilines is 1. The van der Waals surface area contributed by atoms with Gasteiger partial charge in [0, 0.05) is 11.8 Å². The summed E-state index contributed by atoms with van der Waals surface area (Å²) in [6.45, 7) is 0.00394. The maximum Gasteiger partial charge on any atom is 0.420 e. The van der Waals surface area contributed by atoms with Gasteiger partial charge in [-0.05, 0) is 35.9 Å². The molecule has 0 amide bonds. The van der Waals surface area contributed by atoms with Crippen LogP contribution < -0.4 is 11.5 Å². The summed E-state index contributed by atoms with van der Waals surface area (Å²) in [7, 11) is 0. The van der Waals surface area contributed by atoms with E-state index in [1.54, 1.807) is 18.2 Å². The number of fused-ring (bicyclic) bond motifs is 1. The molecule has 2 N–H and O–H groups in total. The number of nitrogen functional groups attached to an aromatic ring is 1. The van der Waals surface area contributed by atoms with Crippen molar-refractivity contribution in [2.24, 2.45) is 0 Å². The zero-order chi connectivity index (χ0) is 14.3. The lowest BCUT2D eigenvalue weighted by molar-refractivity contribution is 0.515. The molecule has 4 nitrogen and oxygen atoms in total. The largest absolute Gasteiger partial charge is 0.420 e. The van der Waals surface area contributed by atoms with E-state index in [9.17, 15) is 13.6 Å². The van der Waals surface area contributed by atoms with Crippen LogP contribution in [0.1, 0.15) is 5.56 Å². The average Bonchev–Trinajstić information content (AvgIpc) is 2.65. The van der Waals surface area contributed by atoms with Gasteiger partial charge in [0.1, 0.15) is 11.6 Å². The summed E-state index contributed by atoms with van der Waals surface area (Å²) in [5.41, 5.74) is 7.33. The topological polar surface area (TPSA) is 61.2 Å². The van der Waals surface area contributed by atoms with Crippen LogP contribution in [0.3, 0.4) is 0 Å². The SMILES string of the molecule is Nc1ccc2oc(=O)n(Cc3cc(F)cc(F)c3)c2c1. The highest BCUT2D eigenvalue weighted by atomic mass is 19.1. The van der Waals surface area contributed by atoms with Crippen LogP contribution in [0.5, 0.6) is 0 Å². The summed E-state index contributed by atoms with van der Waals surface area (Å²) in [6.07, 6.45) is 0. The molecule has 20 heavy (non-hydrogen) atoms. The molecule has 0 fully saturated rings. The Labute approximate surface area is 112 Å². The van der Waals surface area contributed by atoms with Crippen molar-refractivity contribution in [1.82, 2.24) is 4.57 Å². The van der Waals surface area contributed by atoms with Gasteiger partial charge in [0.2, 0.25) is 0 Å². The first kappa shape index (κ1) is 12.4. The third-order valence-electron chi connectivity index (χ3n) is 2.95. The molecule has 0 saturated heterocycles. The number of aromatic nitrogens is 1. The highest BCUT2D eigenvalue weighted by Crippen LogP contribution is 2.18. The van der Waals surface area contributed by atoms with Crippen molar-refractivity contribution in [2.45, 2.75) is 6.54 Å². The van der Waals surface area contributed by atoms with Gasteiger partial charge >= 0.3 is 5.76 Å². The predicted octanol–water partition coefficient (Wildman–Crippen LogP) is 2.50. The van der Waals surface area contributed by atoms with Crippen LogP contribution in [-0.4, -0.2) is 4.57 Å². The first-order valence-corrected chi connectivity index (χ1v) is 5.87. The molecule has 6 heteroatoms. The average molecular weight is 276 g/mol. The van der Waals surface area contributed by atoms with Crippen molar-refractivity contribution in [3.63, 3.8) is 0 Å². The van der Waals surface area contributed by atoms with Crippen LogP contribution in [0, 0.1) is 11.6 Å². The second kappa shape index (κ2) is 4.48. The lowest BCUT2D eigenvalue weighted by Gasteiger charge is -2.04. The van der Waals surface area contributed by atoms with Gasteiger partial charge in [-0.25, -0.2) is 13.6 Å². The van der Waals surface area contributed by atoms with E-state index in [0.717, 1.165) is 6.07 Å². The molecule has 1 aromatic heterocycles. The van der Waals surface area contributed by atoms with Gasteiger partial charge in [0.25, 0.3) is 0 Å². The molecule has 102 valence electrons. The van der Waals surface area contributed by atoms with Crippen LogP contribution in [0.2, 0.25) is 0 Å². The van der Waals surface area contributed by atoms with Crippen LogP contribution in [0.25, 0.3) is 11.1 Å². The minimum Gasteiger partial charge on any atom is -0.408 e. The monoisotopic (exact) mass is 276 g/mol. The Bertz CT molecular complexity index is 832. The van der Waals surface area contributed by atoms with E-state index in [-0.39, 0.29) is 6.54 Å². The fourth-order valence-electron chi connectivity index (χ4n) is 2.11. The van der Waals surface area contributed by atoms with Crippen molar-refractivity contribution in [1.29, 1.82) is 0 Å². The van der Waals surface area contributed by atoms with E-state index in [0.29, 0.717) is 22.4 Å². The molecular weight excluding hydrogens is 266 g/mol. The van der Waals surface area contributed by atoms with Gasteiger partial charge < -0.3 is 10.2 Å². The summed E-state index contributed by atoms with van der Waals surface area (Å²) in [5.74, 6) is -1.99. The Morgan fingerprint density at radius 1 is 1.10 bits per heavy atom. The zero-order valence-electron chi connectivity index (χ0n) is 10.3. The predicted molar refractivity (Wildman–Crippen MR) is 70.3 cm³/mol. The van der Waals surface area contributed by atoms with Gasteiger partial charge in [-0.15, -0.1) is 0 Å². The Morgan fingerprint density at radius 2 is 1.80 bits per heavy atom. The smallest absolute Gasteiger partial charge is 0.408 e. The van der Waals surface area contributed by atoms with Gasteiger partial charge in [-0.2, -0.15) is 0 Å². The molecular formula is C14H10F2N2O2. The number of halogens is 2. The number of rotatable bonds is 2. The molecule has 3 rings (SSSR count). The van der Waals surface area contributed by atoms with Crippen molar-refractivity contribution in [2.75, 3.05) is 5.73 Å². The molecule has 0 atom stereocenters. The van der Waals surface area contributed by atoms with Crippen LogP contribution >= 0.6 is 0 Å². The lowest BCUT2D eigenvalue weighted by atomic mass is 10.2. The van der Waals surface area contributed by atoms with Gasteiger partial charge in [0.05, 0.1) is 12.1 Å². The normalized spacial score (nSPS) is 11.1. The molecule has 0 bridgehead atoms. The number of oxazole rings is 1. The fraction of sp³-hybridized carbons (Fsp3) is 0.0714. The van der Waals surface area contributed by atoms with E-state index < -0.39 is 17.4 Å². The van der Waals surface area contributed by atoms with Gasteiger partial charge in [-0.3, -0.25) is 4.57 Å². The number of nitrogens with two attached hydrogens (primary N) is 1. The molecule has 0 aliphatic heterocycles. The Kier molecular flexibility index (Phi) is 2.78. The van der Waals surface area contributed by atoms with E-state index in [1.807, 2.05) is 0 Å². The molecule has 0 saturated carbocycles. The summed E-state index contributed by atoms with van der Waals surface area (Å²) in [4.78, 5) is 11.8. The lowest BCUT2D eigenvalue weighted by Crippen LogP contribution is -2.15. The van der Waals surface area contributed by atoms with Crippen LogP contribution in [0.15, 0.2) is 45.6 Å². The molecule has 0 unspecified atom stereocenters. The summed E-state index contributed by atoms with van der Waals surface area (Å²) in [6, 6.07) is 7.88. The molecule has 3 aromatic rings. The maximum absolute atomic E-state index is 13.2. The van der Waals surface area contributed by atoms with Crippen LogP contribution in [0.4, 0.5) is 14.5 Å². The summed E-state index contributed by atoms with van der Waals surface area (Å²) >= 11 is 0. The molecule has 0 radical (unpaired) electrons. The number of hydrogen-bond acceptors (Lipinski definition) is 3. The Balaban J connectivity index is 2.12. The van der Waals surface area contributed by atoms with Crippen molar-refractivity contribution in [3.05, 3.63) is 64.1 Å². The zero-order valence-corrected chi connectivity index (χ0v) is 10.3. The number of nitrogens with zero attached hydrogens (tertiary/aromatic N) is 1. The van der Waals surface area contributed by atoms with Gasteiger partial charge in [-0.1, -0.05) is 0 Å². The quantitative estimate of drug-likeness (QED) is 0.731. The molecule has 2 aromatic carbocycles. The van der Waals surface area contributed by atoms with E-state index in [4.69, 9.17) is 10.2 Å². The second-order valence-electron chi connectivity index (χ2n) is 4.46. The van der Waals surface area contributed by atoms with Crippen LogP contribution in [-0.2, 0) is 6.54 Å². The van der Waals surface area contributed by atoms with E-state index in [2.05, 4.69) is 0 Å². The second-order valence-corrected chi connectivity index (χ2v) is 4.46. The molecule has 1 heterocycles. The third kappa shape index (κ3) is 2.16. The minimum atomic E-state index is -0.694. The first-order chi connectivity index (χ1) is 9.52. The van der Waals surface area contributed by atoms with Gasteiger partial charge in [0.15, 0.2) is 5.58 Å². The highest BCUT2D eigenvalue weighted by Gasteiger charge is 2.11. The first-order valence-electron chi connectivity index (χ1n) is 5.87. The van der Waals surface area contributed by atoms with E-state index >= 15 is 0 Å². The molecule has 0 aliphatic rings. The molecule has 0 spiro atoms. The Hall–Kier alpha value is -2.63. The van der Waals surface area contributed by atoms with Crippen molar-refractivity contribution >= 4 is 16.8 Å². The molecule has 0 aliphatic carbocycles. The maximum atomic E-state index is 13.2. The standard InChI is InChI=1S/C14H10F2N2O2/c15-9-3-8(4-10(16)5-9)7-18-12-6-11(17)1-2-13(12)20-14(18)19/h1-6H,7,17H2.